The Kier molecular flexibility index (Phi) is 17.9. The zero-order valence-electron chi connectivity index (χ0n) is 9.65. The predicted octanol–water partition coefficient (Wildman–Crippen LogP) is -4.37. The second-order valence-electron chi connectivity index (χ2n) is 2.48. The first-order valence-corrected chi connectivity index (χ1v) is 2.89. The van der Waals surface area contributed by atoms with E-state index < -0.39 is 0 Å². The van der Waals surface area contributed by atoms with Gasteiger partial charge in [0, 0.05) is 12.1 Å². The molecule has 0 aliphatic carbocycles. The van der Waals surface area contributed by atoms with E-state index in [1.54, 1.807) is 0 Å². The summed E-state index contributed by atoms with van der Waals surface area (Å²) in [6.07, 6.45) is 0. The predicted molar refractivity (Wildman–Crippen MR) is 35.6 cm³/mol. The van der Waals surface area contributed by atoms with Gasteiger partial charge in [0.25, 0.3) is 0 Å². The van der Waals surface area contributed by atoms with E-state index >= 15 is 0 Å². The van der Waals surface area contributed by atoms with Crippen LogP contribution in [-0.2, 0) is 0 Å². The molecule has 0 saturated carbocycles. The summed E-state index contributed by atoms with van der Waals surface area (Å²) in [5, 5.41) is 3.31. The molecule has 0 rings (SSSR count). The van der Waals surface area contributed by atoms with Crippen molar-refractivity contribution in [2.24, 2.45) is 0 Å². The van der Waals surface area contributed by atoms with E-state index in [9.17, 15) is 0 Å². The van der Waals surface area contributed by atoms with Crippen molar-refractivity contribution in [2.75, 3.05) is 0 Å². The fraction of sp³-hybridized carbons (Fsp3) is 1.00. The number of hydrogen-bond donors (Lipinski definition) is 1. The molecule has 0 aromatic carbocycles. The minimum atomic E-state index is 0. The van der Waals surface area contributed by atoms with Crippen LogP contribution in [0.1, 0.15) is 30.5 Å². The molecule has 0 unspecified atom stereocenters. The van der Waals surface area contributed by atoms with Crippen molar-refractivity contribution in [3.05, 3.63) is 0 Å². The first-order valence-electron chi connectivity index (χ1n) is 2.89. The zero-order valence-corrected chi connectivity index (χ0v) is 9.65. The normalized spacial score (nSPS) is 8.67. The van der Waals surface area contributed by atoms with Gasteiger partial charge in [-0.15, -0.1) is 0 Å². The van der Waals surface area contributed by atoms with E-state index in [-0.39, 0.29) is 51.3 Å². The maximum Gasteiger partial charge on any atom is 1.00 e. The maximum absolute atomic E-state index is 3.31. The molecule has 0 aromatic rings. The van der Waals surface area contributed by atoms with Crippen LogP contribution in [0.4, 0.5) is 0 Å². The summed E-state index contributed by atoms with van der Waals surface area (Å²) in [5.74, 6) is 0. The van der Waals surface area contributed by atoms with Crippen LogP contribution in [0.2, 0.25) is 0 Å². The van der Waals surface area contributed by atoms with Gasteiger partial charge < -0.3 is 8.17 Å². The van der Waals surface area contributed by atoms with Crippen LogP contribution < -0.4 is 53.7 Å². The SMILES string of the molecule is CC(C)NC(C)C.[H-].[H-].[Li+].[Na+]. The van der Waals surface area contributed by atoms with Gasteiger partial charge in [-0.2, -0.15) is 0 Å². The van der Waals surface area contributed by atoms with Gasteiger partial charge >= 0.3 is 48.4 Å². The Morgan fingerprint density at radius 3 is 1.22 bits per heavy atom. The Morgan fingerprint density at radius 1 is 1.00 bits per heavy atom. The number of rotatable bonds is 2. The topological polar surface area (TPSA) is 12.0 Å². The molecule has 0 saturated heterocycles. The second-order valence-corrected chi connectivity index (χ2v) is 2.48. The average Bonchev–Trinajstić information content (AvgIpc) is 1.27. The Bertz CT molecular complexity index is 49.8. The van der Waals surface area contributed by atoms with Crippen molar-refractivity contribution in [3.8, 4) is 0 Å². The fourth-order valence-corrected chi connectivity index (χ4v) is 0.667. The molecule has 0 aliphatic heterocycles. The third kappa shape index (κ3) is 17.7. The number of hydrogen-bond acceptors (Lipinski definition) is 1. The summed E-state index contributed by atoms with van der Waals surface area (Å²) in [7, 11) is 0. The van der Waals surface area contributed by atoms with E-state index in [4.69, 9.17) is 0 Å². The third-order valence-electron chi connectivity index (χ3n) is 0.667. The van der Waals surface area contributed by atoms with Gasteiger partial charge in [0.05, 0.1) is 0 Å². The average molecular weight is 133 g/mol. The van der Waals surface area contributed by atoms with Gasteiger partial charge in [0.2, 0.25) is 0 Å². The van der Waals surface area contributed by atoms with Gasteiger partial charge in [-0.1, -0.05) is 27.7 Å². The van der Waals surface area contributed by atoms with E-state index in [0.29, 0.717) is 12.1 Å². The van der Waals surface area contributed by atoms with Gasteiger partial charge in [-0.05, 0) is 0 Å². The summed E-state index contributed by atoms with van der Waals surface area (Å²) < 4.78 is 0. The van der Waals surface area contributed by atoms with Crippen LogP contribution in [-0.4, -0.2) is 12.1 Å². The monoisotopic (exact) mass is 133 g/mol. The van der Waals surface area contributed by atoms with Crippen molar-refractivity contribution in [1.29, 1.82) is 0 Å². The molecule has 0 bridgehead atoms. The van der Waals surface area contributed by atoms with Crippen molar-refractivity contribution < 1.29 is 51.3 Å². The summed E-state index contributed by atoms with van der Waals surface area (Å²) in [5.41, 5.74) is 0. The van der Waals surface area contributed by atoms with Crippen LogP contribution in [0.5, 0.6) is 0 Å². The molecular weight excluding hydrogens is 116 g/mol. The summed E-state index contributed by atoms with van der Waals surface area (Å²) in [6, 6.07) is 1.25. The van der Waals surface area contributed by atoms with Gasteiger partial charge in [-0.3, -0.25) is 0 Å². The van der Waals surface area contributed by atoms with Crippen LogP contribution in [0.3, 0.4) is 0 Å². The minimum absolute atomic E-state index is 0. The van der Waals surface area contributed by atoms with Crippen molar-refractivity contribution in [2.45, 2.75) is 39.8 Å². The molecule has 0 spiro atoms. The molecule has 0 aromatic heterocycles. The Balaban J connectivity index is -0.0000000300. The van der Waals surface area contributed by atoms with Gasteiger partial charge in [-0.25, -0.2) is 0 Å². The van der Waals surface area contributed by atoms with Crippen molar-refractivity contribution in [1.82, 2.24) is 5.32 Å². The Morgan fingerprint density at radius 2 is 1.22 bits per heavy atom. The second kappa shape index (κ2) is 9.56. The first kappa shape index (κ1) is 16.9. The van der Waals surface area contributed by atoms with E-state index in [2.05, 4.69) is 33.0 Å². The molecule has 0 aliphatic rings. The molecule has 0 radical (unpaired) electrons. The van der Waals surface area contributed by atoms with Gasteiger partial charge in [0.1, 0.15) is 0 Å². The molecule has 0 amide bonds. The first-order chi connectivity index (χ1) is 3.13. The molecule has 9 heavy (non-hydrogen) atoms. The molecule has 1 N–H and O–H groups in total. The zero-order chi connectivity index (χ0) is 5.86. The fourth-order valence-electron chi connectivity index (χ4n) is 0.667. The van der Waals surface area contributed by atoms with Crippen LogP contribution >= 0.6 is 0 Å². The van der Waals surface area contributed by atoms with E-state index in [1.807, 2.05) is 0 Å². The third-order valence-corrected chi connectivity index (χ3v) is 0.667. The van der Waals surface area contributed by atoms with Crippen LogP contribution in [0.25, 0.3) is 0 Å². The standard InChI is InChI=1S/C6H15N.Li.Na.2H/c1-5(2)7-6(3)4;;;;/h5-7H,1-4H3;;;;/q;2*+1;2*-1. The smallest absolute Gasteiger partial charge is 1.00 e. The molecular formula is C6H17LiNNa. The maximum atomic E-state index is 3.31. The van der Waals surface area contributed by atoms with Crippen LogP contribution in [0, 0.1) is 0 Å². The summed E-state index contributed by atoms with van der Waals surface area (Å²) in [4.78, 5) is 0. The molecule has 0 fully saturated rings. The molecule has 1 nitrogen and oxygen atoms in total. The number of nitrogens with one attached hydrogen (secondary N) is 1. The summed E-state index contributed by atoms with van der Waals surface area (Å²) in [6.45, 7) is 8.61. The van der Waals surface area contributed by atoms with Crippen LogP contribution in [0.15, 0.2) is 0 Å². The Labute approximate surface area is 95.8 Å². The molecule has 0 atom stereocenters. The molecule has 48 valence electrons. The van der Waals surface area contributed by atoms with E-state index in [0.717, 1.165) is 0 Å². The van der Waals surface area contributed by atoms with E-state index in [1.165, 1.54) is 0 Å². The van der Waals surface area contributed by atoms with Crippen molar-refractivity contribution in [3.63, 3.8) is 0 Å². The summed E-state index contributed by atoms with van der Waals surface area (Å²) >= 11 is 0. The molecule has 3 heteroatoms. The molecule has 0 heterocycles. The quantitative estimate of drug-likeness (QED) is 0.375. The Hall–Kier alpha value is 1.56. The van der Waals surface area contributed by atoms with Gasteiger partial charge in [0.15, 0.2) is 0 Å². The van der Waals surface area contributed by atoms with Crippen molar-refractivity contribution >= 4 is 0 Å². The minimum Gasteiger partial charge on any atom is -1.00 e. The largest absolute Gasteiger partial charge is 1.00 e.